The molecule has 31 heavy (non-hydrogen) atoms. The van der Waals surface area contributed by atoms with E-state index in [1.54, 1.807) is 31.4 Å². The van der Waals surface area contributed by atoms with Crippen LogP contribution in [0.15, 0.2) is 53.7 Å². The van der Waals surface area contributed by atoms with Crippen LogP contribution >= 0.6 is 11.6 Å². The number of esters is 1. The van der Waals surface area contributed by atoms with E-state index in [1.807, 2.05) is 25.1 Å². The molecule has 0 spiro atoms. The molecule has 0 aliphatic carbocycles. The number of ether oxygens (including phenoxy) is 3. The highest BCUT2D eigenvalue weighted by Gasteiger charge is 2.33. The summed E-state index contributed by atoms with van der Waals surface area (Å²) in [6.45, 7) is 2.21. The molecule has 164 valence electrons. The van der Waals surface area contributed by atoms with Gasteiger partial charge in [0, 0.05) is 16.3 Å². The van der Waals surface area contributed by atoms with Gasteiger partial charge in [-0.05, 0) is 30.2 Å². The number of allylic oxidation sites excluding steroid dienone is 1. The molecule has 8 heteroatoms. The number of carbonyl (C=O) groups excluding carboxylic acids is 2. The third kappa shape index (κ3) is 5.11. The van der Waals surface area contributed by atoms with Gasteiger partial charge < -0.3 is 24.8 Å². The highest BCUT2D eigenvalue weighted by molar-refractivity contribution is 6.31. The summed E-state index contributed by atoms with van der Waals surface area (Å²) in [6.07, 6.45) is 1.30. The number of hydrogen-bond donors (Lipinski definition) is 2. The van der Waals surface area contributed by atoms with Gasteiger partial charge in [-0.15, -0.1) is 0 Å². The van der Waals surface area contributed by atoms with Gasteiger partial charge in [0.2, 0.25) is 0 Å². The summed E-state index contributed by atoms with van der Waals surface area (Å²) in [6, 6.07) is 11.6. The van der Waals surface area contributed by atoms with E-state index >= 15 is 0 Å². The number of carbonyl (C=O) groups is 2. The molecule has 1 aliphatic rings. The molecule has 1 heterocycles. The van der Waals surface area contributed by atoms with Crippen LogP contribution in [0, 0.1) is 0 Å². The maximum absolute atomic E-state index is 12.6. The van der Waals surface area contributed by atoms with Gasteiger partial charge >= 0.3 is 12.0 Å². The first-order valence-electron chi connectivity index (χ1n) is 9.91. The van der Waals surface area contributed by atoms with Crippen molar-refractivity contribution >= 4 is 23.6 Å². The Morgan fingerprint density at radius 3 is 2.58 bits per heavy atom. The van der Waals surface area contributed by atoms with Gasteiger partial charge in [0.15, 0.2) is 11.5 Å². The Bertz CT molecular complexity index is 1010. The second-order valence-corrected chi connectivity index (χ2v) is 7.36. The van der Waals surface area contributed by atoms with E-state index in [4.69, 9.17) is 25.8 Å². The molecule has 1 unspecified atom stereocenters. The molecule has 0 aromatic heterocycles. The fraction of sp³-hybridized carbons (Fsp3) is 0.304. The van der Waals surface area contributed by atoms with Crippen LogP contribution in [0.4, 0.5) is 4.79 Å². The molecule has 3 rings (SSSR count). The number of hydrogen-bond acceptors (Lipinski definition) is 5. The summed E-state index contributed by atoms with van der Waals surface area (Å²) < 4.78 is 16.4. The Kier molecular flexibility index (Phi) is 7.41. The summed E-state index contributed by atoms with van der Waals surface area (Å²) >= 11 is 6.23. The van der Waals surface area contributed by atoms with Crippen molar-refractivity contribution in [3.8, 4) is 11.5 Å². The maximum atomic E-state index is 12.6. The van der Waals surface area contributed by atoms with Crippen molar-refractivity contribution in [2.75, 3.05) is 14.2 Å². The molecular weight excluding hydrogens is 420 g/mol. The van der Waals surface area contributed by atoms with Crippen LogP contribution in [0.1, 0.15) is 36.9 Å². The molecule has 1 aliphatic heterocycles. The predicted octanol–water partition coefficient (Wildman–Crippen LogP) is 4.51. The zero-order valence-electron chi connectivity index (χ0n) is 17.7. The monoisotopic (exact) mass is 444 g/mol. The fourth-order valence-corrected chi connectivity index (χ4v) is 3.61. The molecule has 0 saturated heterocycles. The average Bonchev–Trinajstić information content (AvgIpc) is 2.77. The SMILES string of the molecule is CCCC1=C(C(=O)OC)C(c2ccc(OC)c(OCc3ccccc3Cl)c2)NC(=O)N1. The molecule has 0 fully saturated rings. The Balaban J connectivity index is 1.98. The molecule has 2 N–H and O–H groups in total. The second-order valence-electron chi connectivity index (χ2n) is 6.96. The number of halogens is 1. The number of nitrogens with one attached hydrogen (secondary N) is 2. The van der Waals surface area contributed by atoms with Gasteiger partial charge in [-0.3, -0.25) is 0 Å². The summed E-state index contributed by atoms with van der Waals surface area (Å²) in [5.41, 5.74) is 2.41. The largest absolute Gasteiger partial charge is 0.493 e. The van der Waals surface area contributed by atoms with Crippen molar-refractivity contribution < 1.29 is 23.8 Å². The number of rotatable bonds is 8. The van der Waals surface area contributed by atoms with Crippen LogP contribution in [-0.4, -0.2) is 26.2 Å². The molecular formula is C23H25ClN2O5. The molecule has 2 amide bonds. The minimum atomic E-state index is -0.684. The number of methoxy groups -OCH3 is 2. The summed E-state index contributed by atoms with van der Waals surface area (Å²) in [4.78, 5) is 24.8. The highest BCUT2D eigenvalue weighted by Crippen LogP contribution is 2.35. The molecule has 7 nitrogen and oxygen atoms in total. The Morgan fingerprint density at radius 1 is 1.13 bits per heavy atom. The van der Waals surface area contributed by atoms with Crippen LogP contribution in [-0.2, 0) is 16.1 Å². The van der Waals surface area contributed by atoms with Crippen molar-refractivity contribution in [1.29, 1.82) is 0 Å². The lowest BCUT2D eigenvalue weighted by molar-refractivity contribution is -0.136. The van der Waals surface area contributed by atoms with Crippen molar-refractivity contribution in [2.24, 2.45) is 0 Å². The summed E-state index contributed by atoms with van der Waals surface area (Å²) in [5.74, 6) is 0.484. The Labute approximate surface area is 186 Å². The first kappa shape index (κ1) is 22.5. The van der Waals surface area contributed by atoms with Crippen LogP contribution in [0.2, 0.25) is 5.02 Å². The predicted molar refractivity (Wildman–Crippen MR) is 117 cm³/mol. The Morgan fingerprint density at radius 2 is 1.90 bits per heavy atom. The van der Waals surface area contributed by atoms with E-state index in [-0.39, 0.29) is 12.6 Å². The van der Waals surface area contributed by atoms with Crippen LogP contribution in [0.25, 0.3) is 0 Å². The molecule has 2 aromatic rings. The van der Waals surface area contributed by atoms with E-state index in [1.165, 1.54) is 7.11 Å². The lowest BCUT2D eigenvalue weighted by atomic mass is 9.93. The smallest absolute Gasteiger partial charge is 0.337 e. The zero-order valence-corrected chi connectivity index (χ0v) is 18.4. The summed E-state index contributed by atoms with van der Waals surface area (Å²) in [5, 5.41) is 6.14. The average molecular weight is 445 g/mol. The Hall–Kier alpha value is -3.19. The second kappa shape index (κ2) is 10.2. The van der Waals surface area contributed by atoms with Crippen molar-refractivity contribution in [1.82, 2.24) is 10.6 Å². The summed E-state index contributed by atoms with van der Waals surface area (Å²) in [7, 11) is 2.86. The van der Waals surface area contributed by atoms with Crippen LogP contribution in [0.5, 0.6) is 11.5 Å². The minimum absolute atomic E-state index is 0.235. The molecule has 2 aromatic carbocycles. The standard InChI is InChI=1S/C23H25ClN2O5/c1-4-7-17-20(22(27)30-3)21(26-23(28)25-17)14-10-11-18(29-2)19(12-14)31-13-15-8-5-6-9-16(15)24/h5-6,8-12,21H,4,7,13H2,1-3H3,(H2,25,26,28). The molecule has 1 atom stereocenters. The quantitative estimate of drug-likeness (QED) is 0.585. The van der Waals surface area contributed by atoms with Gasteiger partial charge in [0.25, 0.3) is 0 Å². The van der Waals surface area contributed by atoms with Gasteiger partial charge in [-0.2, -0.15) is 0 Å². The number of benzene rings is 2. The molecule has 0 saturated carbocycles. The van der Waals surface area contributed by atoms with Crippen LogP contribution in [0.3, 0.4) is 0 Å². The van der Waals surface area contributed by atoms with Crippen LogP contribution < -0.4 is 20.1 Å². The maximum Gasteiger partial charge on any atom is 0.337 e. The van der Waals surface area contributed by atoms with Crippen molar-refractivity contribution in [2.45, 2.75) is 32.4 Å². The highest BCUT2D eigenvalue weighted by atomic mass is 35.5. The third-order valence-corrected chi connectivity index (χ3v) is 5.29. The lowest BCUT2D eigenvalue weighted by Gasteiger charge is -2.29. The third-order valence-electron chi connectivity index (χ3n) is 4.92. The van der Waals surface area contributed by atoms with Crippen molar-refractivity contribution in [3.63, 3.8) is 0 Å². The minimum Gasteiger partial charge on any atom is -0.493 e. The molecule has 0 bridgehead atoms. The van der Waals surface area contributed by atoms with Gasteiger partial charge in [-0.25, -0.2) is 9.59 Å². The number of urea groups is 1. The topological polar surface area (TPSA) is 85.9 Å². The van der Waals surface area contributed by atoms with Gasteiger partial charge in [0.1, 0.15) is 6.61 Å². The first-order chi connectivity index (χ1) is 15.0. The molecule has 0 radical (unpaired) electrons. The van der Waals surface area contributed by atoms with Gasteiger partial charge in [-0.1, -0.05) is 49.2 Å². The van der Waals surface area contributed by atoms with E-state index < -0.39 is 12.0 Å². The van der Waals surface area contributed by atoms with E-state index in [9.17, 15) is 9.59 Å². The fourth-order valence-electron chi connectivity index (χ4n) is 3.42. The van der Waals surface area contributed by atoms with E-state index in [2.05, 4.69) is 10.6 Å². The number of amides is 2. The van der Waals surface area contributed by atoms with Gasteiger partial charge in [0.05, 0.1) is 25.8 Å². The van der Waals surface area contributed by atoms with E-state index in [0.717, 1.165) is 12.0 Å². The van der Waals surface area contributed by atoms with Crippen molar-refractivity contribution in [3.05, 3.63) is 69.9 Å². The lowest BCUT2D eigenvalue weighted by Crippen LogP contribution is -2.45. The first-order valence-corrected chi connectivity index (χ1v) is 10.3. The zero-order chi connectivity index (χ0) is 22.4. The van der Waals surface area contributed by atoms with E-state index in [0.29, 0.717) is 39.8 Å². The normalized spacial score (nSPS) is 15.7.